The molecule has 0 aliphatic heterocycles. The average Bonchev–Trinajstić information content (AvgIpc) is 2.28. The molecule has 1 N–H and O–H groups in total. The molecule has 0 unspecified atom stereocenters. The highest BCUT2D eigenvalue weighted by molar-refractivity contribution is 6.33. The van der Waals surface area contributed by atoms with Gasteiger partial charge < -0.3 is 10.1 Å². The predicted octanol–water partition coefficient (Wildman–Crippen LogP) is 2.16. The molecule has 0 radical (unpaired) electrons. The van der Waals surface area contributed by atoms with Crippen molar-refractivity contribution >= 4 is 23.5 Å². The normalized spacial score (nSPS) is 10.3. The Morgan fingerprint density at radius 3 is 2.72 bits per heavy atom. The van der Waals surface area contributed by atoms with Crippen LogP contribution in [0.4, 0.5) is 4.39 Å². The van der Waals surface area contributed by atoms with Gasteiger partial charge in [0.05, 0.1) is 10.6 Å². The number of carbonyl (C=O) groups excluding carboxylic acids is 2. The van der Waals surface area contributed by atoms with Gasteiger partial charge in [-0.1, -0.05) is 11.6 Å². The van der Waals surface area contributed by atoms with E-state index in [0.717, 1.165) is 12.1 Å². The first kappa shape index (κ1) is 14.4. The van der Waals surface area contributed by atoms with Gasteiger partial charge in [-0.25, -0.2) is 9.18 Å². The first-order valence-electron chi connectivity index (χ1n) is 5.31. The van der Waals surface area contributed by atoms with Crippen LogP contribution in [0.25, 0.3) is 0 Å². The van der Waals surface area contributed by atoms with Crippen LogP contribution in [0.2, 0.25) is 5.02 Å². The van der Waals surface area contributed by atoms with Crippen molar-refractivity contribution in [2.45, 2.75) is 19.9 Å². The summed E-state index contributed by atoms with van der Waals surface area (Å²) in [6.45, 7) is 3.14. The van der Waals surface area contributed by atoms with Crippen molar-refractivity contribution in [3.05, 3.63) is 34.6 Å². The van der Waals surface area contributed by atoms with Crippen molar-refractivity contribution in [2.24, 2.45) is 0 Å². The Morgan fingerprint density at radius 1 is 1.44 bits per heavy atom. The van der Waals surface area contributed by atoms with Gasteiger partial charge in [-0.3, -0.25) is 4.79 Å². The second kappa shape index (κ2) is 6.35. The van der Waals surface area contributed by atoms with E-state index in [1.807, 2.05) is 0 Å². The number of hydrogen-bond donors (Lipinski definition) is 1. The van der Waals surface area contributed by atoms with E-state index in [1.54, 1.807) is 13.8 Å². The highest BCUT2D eigenvalue weighted by atomic mass is 35.5. The molecule has 0 fully saturated rings. The van der Waals surface area contributed by atoms with Crippen molar-refractivity contribution in [3.63, 3.8) is 0 Å². The van der Waals surface area contributed by atoms with Gasteiger partial charge in [0.2, 0.25) is 0 Å². The number of ether oxygens (including phenoxy) is 1. The van der Waals surface area contributed by atoms with Gasteiger partial charge in [0.15, 0.2) is 6.61 Å². The molecule has 6 heteroatoms. The zero-order valence-electron chi connectivity index (χ0n) is 10.00. The number of halogens is 2. The van der Waals surface area contributed by atoms with Gasteiger partial charge in [0.25, 0.3) is 5.91 Å². The molecule has 0 bridgehead atoms. The Morgan fingerprint density at radius 2 is 2.11 bits per heavy atom. The lowest BCUT2D eigenvalue weighted by atomic mass is 10.2. The molecule has 1 rings (SSSR count). The van der Waals surface area contributed by atoms with Crippen molar-refractivity contribution in [1.29, 1.82) is 0 Å². The summed E-state index contributed by atoms with van der Waals surface area (Å²) < 4.78 is 17.7. The third-order valence-corrected chi connectivity index (χ3v) is 2.26. The minimum absolute atomic E-state index is 0.0473. The molecule has 18 heavy (non-hydrogen) atoms. The number of rotatable bonds is 4. The topological polar surface area (TPSA) is 55.4 Å². The van der Waals surface area contributed by atoms with Gasteiger partial charge in [-0.2, -0.15) is 0 Å². The summed E-state index contributed by atoms with van der Waals surface area (Å²) in [5, 5.41) is 2.63. The SMILES string of the molecule is CC(C)NC(=O)COC(=O)c1cc(F)ccc1Cl. The molecule has 1 aromatic carbocycles. The van der Waals surface area contributed by atoms with Crippen molar-refractivity contribution in [3.8, 4) is 0 Å². The molecule has 0 saturated heterocycles. The van der Waals surface area contributed by atoms with E-state index in [-0.39, 0.29) is 16.6 Å². The maximum Gasteiger partial charge on any atom is 0.340 e. The number of benzene rings is 1. The van der Waals surface area contributed by atoms with E-state index in [9.17, 15) is 14.0 Å². The zero-order valence-corrected chi connectivity index (χ0v) is 10.8. The lowest BCUT2D eigenvalue weighted by Crippen LogP contribution is -2.34. The maximum atomic E-state index is 12.9. The van der Waals surface area contributed by atoms with Crippen LogP contribution in [0.1, 0.15) is 24.2 Å². The van der Waals surface area contributed by atoms with Crippen molar-refractivity contribution in [1.82, 2.24) is 5.32 Å². The molecule has 98 valence electrons. The standard InChI is InChI=1S/C12H13ClFNO3/c1-7(2)15-11(16)6-18-12(17)9-5-8(14)3-4-10(9)13/h3-5,7H,6H2,1-2H3,(H,15,16). The minimum Gasteiger partial charge on any atom is -0.452 e. The van der Waals surface area contributed by atoms with Crippen LogP contribution in [0.3, 0.4) is 0 Å². The number of carbonyl (C=O) groups is 2. The predicted molar refractivity (Wildman–Crippen MR) is 65.0 cm³/mol. The summed E-state index contributed by atoms with van der Waals surface area (Å²) in [4.78, 5) is 22.8. The largest absolute Gasteiger partial charge is 0.452 e. The minimum atomic E-state index is -0.835. The van der Waals surface area contributed by atoms with E-state index < -0.39 is 24.3 Å². The van der Waals surface area contributed by atoms with Gasteiger partial charge >= 0.3 is 5.97 Å². The molecule has 1 amide bonds. The lowest BCUT2D eigenvalue weighted by Gasteiger charge is -2.09. The van der Waals surface area contributed by atoms with E-state index in [2.05, 4.69) is 5.32 Å². The molecule has 0 heterocycles. The van der Waals surface area contributed by atoms with Gasteiger partial charge in [-0.05, 0) is 32.0 Å². The van der Waals surface area contributed by atoms with E-state index in [0.29, 0.717) is 0 Å². The van der Waals surface area contributed by atoms with Crippen LogP contribution >= 0.6 is 11.6 Å². The fraction of sp³-hybridized carbons (Fsp3) is 0.333. The third-order valence-electron chi connectivity index (χ3n) is 1.93. The van der Waals surface area contributed by atoms with Crippen LogP contribution in [-0.4, -0.2) is 24.5 Å². The third kappa shape index (κ3) is 4.33. The highest BCUT2D eigenvalue weighted by Gasteiger charge is 2.14. The highest BCUT2D eigenvalue weighted by Crippen LogP contribution is 2.17. The molecule has 1 aromatic rings. The van der Waals surface area contributed by atoms with E-state index in [4.69, 9.17) is 16.3 Å². The van der Waals surface area contributed by atoms with Crippen LogP contribution in [0.15, 0.2) is 18.2 Å². The van der Waals surface area contributed by atoms with Crippen LogP contribution in [0.5, 0.6) is 0 Å². The Bertz CT molecular complexity index is 463. The Hall–Kier alpha value is -1.62. The van der Waals surface area contributed by atoms with Crippen LogP contribution in [-0.2, 0) is 9.53 Å². The number of nitrogens with one attached hydrogen (secondary N) is 1. The van der Waals surface area contributed by atoms with Crippen LogP contribution in [0, 0.1) is 5.82 Å². The van der Waals surface area contributed by atoms with Gasteiger partial charge in [-0.15, -0.1) is 0 Å². The number of hydrogen-bond acceptors (Lipinski definition) is 3. The number of esters is 1. The second-order valence-electron chi connectivity index (χ2n) is 3.92. The van der Waals surface area contributed by atoms with Crippen LogP contribution < -0.4 is 5.32 Å². The Kier molecular flexibility index (Phi) is 5.09. The first-order valence-corrected chi connectivity index (χ1v) is 5.69. The van der Waals surface area contributed by atoms with E-state index >= 15 is 0 Å². The van der Waals surface area contributed by atoms with Gasteiger partial charge in [0, 0.05) is 6.04 Å². The zero-order chi connectivity index (χ0) is 13.7. The maximum absolute atomic E-state index is 12.9. The fourth-order valence-corrected chi connectivity index (χ4v) is 1.42. The summed E-state index contributed by atoms with van der Waals surface area (Å²) >= 11 is 5.72. The molecule has 0 aromatic heterocycles. The molecule has 4 nitrogen and oxygen atoms in total. The molecule has 0 aliphatic rings. The average molecular weight is 274 g/mol. The van der Waals surface area contributed by atoms with Gasteiger partial charge in [0.1, 0.15) is 5.82 Å². The Labute approximate surface area is 109 Å². The summed E-state index contributed by atoms with van der Waals surface area (Å²) in [5.41, 5.74) is -0.103. The number of amides is 1. The van der Waals surface area contributed by atoms with Crippen molar-refractivity contribution < 1.29 is 18.7 Å². The van der Waals surface area contributed by atoms with Crippen molar-refractivity contribution in [2.75, 3.05) is 6.61 Å². The molecular weight excluding hydrogens is 261 g/mol. The lowest BCUT2D eigenvalue weighted by molar-refractivity contribution is -0.124. The van der Waals surface area contributed by atoms with E-state index in [1.165, 1.54) is 6.07 Å². The smallest absolute Gasteiger partial charge is 0.340 e. The molecule has 0 spiro atoms. The monoisotopic (exact) mass is 273 g/mol. The fourth-order valence-electron chi connectivity index (χ4n) is 1.23. The first-order chi connectivity index (χ1) is 8.40. The Balaban J connectivity index is 2.60. The second-order valence-corrected chi connectivity index (χ2v) is 4.33. The quantitative estimate of drug-likeness (QED) is 0.856. The summed E-state index contributed by atoms with van der Waals surface area (Å²) in [7, 11) is 0. The molecular formula is C12H13ClFNO3. The molecule has 0 saturated carbocycles. The summed E-state index contributed by atoms with van der Waals surface area (Å²) in [6.07, 6.45) is 0. The molecule has 0 aliphatic carbocycles. The summed E-state index contributed by atoms with van der Waals surface area (Å²) in [5.74, 6) is -1.86. The summed E-state index contributed by atoms with van der Waals surface area (Å²) in [6, 6.07) is 3.30. The molecule has 0 atom stereocenters.